The Hall–Kier alpha value is -2.93. The van der Waals surface area contributed by atoms with E-state index in [1.807, 2.05) is 0 Å². The number of aryl methyl sites for hydroxylation is 1. The Morgan fingerprint density at radius 3 is 2.50 bits per heavy atom. The van der Waals surface area contributed by atoms with Gasteiger partial charge >= 0.3 is 0 Å². The molecule has 0 unspecified atom stereocenters. The molecule has 1 aliphatic carbocycles. The van der Waals surface area contributed by atoms with Crippen molar-refractivity contribution in [2.45, 2.75) is 33.1 Å². The molecule has 0 bridgehead atoms. The van der Waals surface area contributed by atoms with Gasteiger partial charge in [0, 0.05) is 17.7 Å². The molecule has 0 radical (unpaired) electrons. The summed E-state index contributed by atoms with van der Waals surface area (Å²) in [5.74, 6) is 0.533. The first-order valence-corrected chi connectivity index (χ1v) is 10.2. The van der Waals surface area contributed by atoms with Crippen LogP contribution in [0.25, 0.3) is 33.2 Å². The van der Waals surface area contributed by atoms with Crippen LogP contribution in [0.2, 0.25) is 0 Å². The molecule has 0 N–H and O–H groups in total. The summed E-state index contributed by atoms with van der Waals surface area (Å²) in [6.07, 6.45) is 3.22. The molecule has 0 spiro atoms. The van der Waals surface area contributed by atoms with Crippen molar-refractivity contribution < 1.29 is 4.57 Å². The highest BCUT2D eigenvalue weighted by molar-refractivity contribution is 6.01. The Bertz CT molecular complexity index is 1230. The van der Waals surface area contributed by atoms with E-state index < -0.39 is 0 Å². The fraction of sp³-hybridized carbons (Fsp3) is 0.222. The molecule has 1 aromatic heterocycles. The smallest absolute Gasteiger partial charge is 0.201 e. The highest BCUT2D eigenvalue weighted by atomic mass is 14.9. The average Bonchev–Trinajstić information content (AvgIpc) is 3.09. The summed E-state index contributed by atoms with van der Waals surface area (Å²) in [5.41, 5.74) is 11.2. The predicted molar refractivity (Wildman–Crippen MR) is 118 cm³/mol. The molecule has 0 aliphatic heterocycles. The summed E-state index contributed by atoms with van der Waals surface area (Å²) in [5, 5.41) is 2.70. The monoisotopic (exact) mass is 364 g/mol. The van der Waals surface area contributed by atoms with Crippen molar-refractivity contribution in [3.63, 3.8) is 0 Å². The number of hydrogen-bond donors (Lipinski definition) is 0. The summed E-state index contributed by atoms with van der Waals surface area (Å²) in [4.78, 5) is 0. The van der Waals surface area contributed by atoms with Gasteiger partial charge in [-0.3, -0.25) is 0 Å². The van der Waals surface area contributed by atoms with Gasteiger partial charge in [-0.25, -0.2) is 4.57 Å². The van der Waals surface area contributed by atoms with Gasteiger partial charge in [-0.05, 0) is 69.5 Å². The molecule has 0 amide bonds. The molecule has 0 atom stereocenters. The summed E-state index contributed by atoms with van der Waals surface area (Å²) in [6, 6.07) is 22.6. The third kappa shape index (κ3) is 2.50. The number of hydrogen-bond acceptors (Lipinski definition) is 0. The zero-order chi connectivity index (χ0) is 19.4. The minimum atomic E-state index is 0.533. The average molecular weight is 365 g/mol. The van der Waals surface area contributed by atoms with Gasteiger partial charge in [-0.2, -0.15) is 0 Å². The number of nitrogens with zero attached hydrogens (tertiary/aromatic N) is 1. The van der Waals surface area contributed by atoms with Gasteiger partial charge in [0.15, 0.2) is 6.20 Å². The van der Waals surface area contributed by atoms with Gasteiger partial charge in [-0.15, -0.1) is 0 Å². The number of fused-ring (bicyclic) bond motifs is 5. The lowest BCUT2D eigenvalue weighted by molar-refractivity contribution is -0.660. The van der Waals surface area contributed by atoms with Crippen LogP contribution in [0.4, 0.5) is 0 Å². The second kappa shape index (κ2) is 6.31. The quantitative estimate of drug-likeness (QED) is 0.322. The summed E-state index contributed by atoms with van der Waals surface area (Å²) in [6.45, 7) is 6.82. The molecular weight excluding hydrogens is 338 g/mol. The van der Waals surface area contributed by atoms with Crippen LogP contribution in [0.5, 0.6) is 0 Å². The molecule has 4 aromatic rings. The zero-order valence-corrected chi connectivity index (χ0v) is 17.1. The van der Waals surface area contributed by atoms with E-state index in [1.165, 1.54) is 55.4 Å². The first-order valence-electron chi connectivity index (χ1n) is 10.2. The maximum absolute atomic E-state index is 2.36. The number of rotatable bonds is 2. The molecule has 0 saturated carbocycles. The van der Waals surface area contributed by atoms with Crippen molar-refractivity contribution in [1.82, 2.24) is 0 Å². The molecule has 0 fully saturated rings. The Labute approximate surface area is 167 Å². The van der Waals surface area contributed by atoms with Crippen LogP contribution < -0.4 is 4.57 Å². The minimum Gasteiger partial charge on any atom is -0.201 e. The number of benzene rings is 3. The van der Waals surface area contributed by atoms with Gasteiger partial charge in [0.05, 0.1) is 0 Å². The lowest BCUT2D eigenvalue weighted by Gasteiger charge is -2.12. The predicted octanol–water partition coefficient (Wildman–Crippen LogP) is 6.33. The van der Waals surface area contributed by atoms with E-state index >= 15 is 0 Å². The van der Waals surface area contributed by atoms with Crippen LogP contribution in [0.1, 0.15) is 42.0 Å². The van der Waals surface area contributed by atoms with Crippen molar-refractivity contribution in [2.75, 3.05) is 0 Å². The van der Waals surface area contributed by atoms with Crippen LogP contribution in [0.3, 0.4) is 0 Å². The molecule has 5 rings (SSSR count). The van der Waals surface area contributed by atoms with Gasteiger partial charge in [0.25, 0.3) is 0 Å². The highest BCUT2D eigenvalue weighted by Crippen LogP contribution is 2.44. The maximum atomic E-state index is 2.36. The molecule has 1 heteroatoms. The molecule has 1 heterocycles. The maximum Gasteiger partial charge on any atom is 0.212 e. The Morgan fingerprint density at radius 2 is 1.68 bits per heavy atom. The largest absolute Gasteiger partial charge is 0.212 e. The molecule has 0 saturated heterocycles. The van der Waals surface area contributed by atoms with Gasteiger partial charge < -0.3 is 0 Å². The van der Waals surface area contributed by atoms with E-state index in [0.29, 0.717) is 5.92 Å². The second-order valence-corrected chi connectivity index (χ2v) is 8.37. The number of pyridine rings is 1. The van der Waals surface area contributed by atoms with Gasteiger partial charge in [-0.1, -0.05) is 56.3 Å². The highest BCUT2D eigenvalue weighted by Gasteiger charge is 2.25. The molecular formula is C27H26N+. The van der Waals surface area contributed by atoms with Crippen molar-refractivity contribution in [3.05, 3.63) is 89.1 Å². The lowest BCUT2D eigenvalue weighted by atomic mass is 9.92. The number of aromatic nitrogens is 1. The third-order valence-electron chi connectivity index (χ3n) is 6.37. The lowest BCUT2D eigenvalue weighted by Crippen LogP contribution is -2.31. The van der Waals surface area contributed by atoms with Gasteiger partial charge in [0.2, 0.25) is 5.69 Å². The standard InChI is InChI=1S/C27H26N/c1-17(2)20-13-14-28(4)26(16-20)22-11-12-24-25(18(22)3)15-21-10-9-19-7-5-6-8-23(19)27(21)24/h5-14,16-17H,15H2,1-4H3/q+1. The van der Waals surface area contributed by atoms with Crippen molar-refractivity contribution >= 4 is 10.8 Å². The van der Waals surface area contributed by atoms with Crippen LogP contribution in [-0.4, -0.2) is 0 Å². The SMILES string of the molecule is Cc1c(-c2cc(C(C)C)cc[n+]2C)ccc2c1Cc1ccc3ccccc3c1-2. The van der Waals surface area contributed by atoms with Crippen molar-refractivity contribution in [1.29, 1.82) is 0 Å². The van der Waals surface area contributed by atoms with Crippen molar-refractivity contribution in [3.8, 4) is 22.4 Å². The summed E-state index contributed by atoms with van der Waals surface area (Å²) < 4.78 is 2.25. The molecule has 138 valence electrons. The summed E-state index contributed by atoms with van der Waals surface area (Å²) >= 11 is 0. The molecule has 3 aromatic carbocycles. The Morgan fingerprint density at radius 1 is 0.893 bits per heavy atom. The van der Waals surface area contributed by atoms with Crippen LogP contribution in [-0.2, 0) is 13.5 Å². The Balaban J connectivity index is 1.72. The third-order valence-corrected chi connectivity index (χ3v) is 6.37. The van der Waals surface area contributed by atoms with E-state index in [1.54, 1.807) is 0 Å². The fourth-order valence-corrected chi connectivity index (χ4v) is 4.68. The van der Waals surface area contributed by atoms with Crippen molar-refractivity contribution in [2.24, 2.45) is 7.05 Å². The van der Waals surface area contributed by atoms with Crippen LogP contribution >= 0.6 is 0 Å². The van der Waals surface area contributed by atoms with E-state index in [2.05, 4.69) is 99.2 Å². The van der Waals surface area contributed by atoms with E-state index in [4.69, 9.17) is 0 Å². The van der Waals surface area contributed by atoms with Crippen LogP contribution in [0.15, 0.2) is 66.9 Å². The zero-order valence-electron chi connectivity index (χ0n) is 17.1. The van der Waals surface area contributed by atoms with E-state index in [0.717, 1.165) is 6.42 Å². The van der Waals surface area contributed by atoms with Crippen LogP contribution in [0, 0.1) is 6.92 Å². The normalized spacial score (nSPS) is 12.5. The fourth-order valence-electron chi connectivity index (χ4n) is 4.68. The molecule has 1 nitrogen and oxygen atoms in total. The molecule has 1 aliphatic rings. The topological polar surface area (TPSA) is 3.88 Å². The first kappa shape index (κ1) is 17.2. The minimum absolute atomic E-state index is 0.533. The second-order valence-electron chi connectivity index (χ2n) is 8.37. The first-order chi connectivity index (χ1) is 13.5. The Kier molecular flexibility index (Phi) is 3.87. The molecule has 28 heavy (non-hydrogen) atoms. The van der Waals surface area contributed by atoms with Gasteiger partial charge in [0.1, 0.15) is 7.05 Å². The van der Waals surface area contributed by atoms with E-state index in [9.17, 15) is 0 Å². The summed E-state index contributed by atoms with van der Waals surface area (Å²) in [7, 11) is 2.15. The van der Waals surface area contributed by atoms with E-state index in [-0.39, 0.29) is 0 Å².